The van der Waals surface area contributed by atoms with Gasteiger partial charge in [-0.05, 0) is 20.3 Å². The predicted molar refractivity (Wildman–Crippen MR) is 57.7 cm³/mol. The zero-order valence-electron chi connectivity index (χ0n) is 10.1. The van der Waals surface area contributed by atoms with Gasteiger partial charge in [-0.25, -0.2) is 0 Å². The predicted octanol–water partition coefficient (Wildman–Crippen LogP) is 0.891. The number of ether oxygens (including phenoxy) is 2. The smallest absolute Gasteiger partial charge is 0.325 e. The van der Waals surface area contributed by atoms with Crippen molar-refractivity contribution in [3.8, 4) is 0 Å². The molecule has 0 bridgehead atoms. The van der Waals surface area contributed by atoms with Crippen LogP contribution in [0.5, 0.6) is 0 Å². The Morgan fingerprint density at radius 2 is 1.50 bits per heavy atom. The van der Waals surface area contributed by atoms with E-state index in [0.29, 0.717) is 6.42 Å². The molecular weight excluding hydrogens is 212 g/mol. The summed E-state index contributed by atoms with van der Waals surface area (Å²) in [6.45, 7) is 4.88. The zero-order valence-corrected chi connectivity index (χ0v) is 10.1. The highest BCUT2D eigenvalue weighted by molar-refractivity contribution is 6.00. The molecule has 0 aromatic carbocycles. The molecule has 1 N–H and O–H groups in total. The van der Waals surface area contributed by atoms with Crippen LogP contribution in [0.3, 0.4) is 0 Å². The van der Waals surface area contributed by atoms with Gasteiger partial charge in [-0.1, -0.05) is 13.3 Å². The average molecular weight is 232 g/mol. The van der Waals surface area contributed by atoms with Gasteiger partial charge in [0.25, 0.3) is 0 Å². The molecule has 0 aliphatic rings. The Morgan fingerprint density at radius 3 is 1.75 bits per heavy atom. The van der Waals surface area contributed by atoms with E-state index in [1.54, 1.807) is 13.8 Å². The van der Waals surface area contributed by atoms with Crippen molar-refractivity contribution in [2.24, 2.45) is 5.41 Å². The molecule has 0 unspecified atom stereocenters. The maximum Gasteiger partial charge on any atom is 0.325 e. The van der Waals surface area contributed by atoms with E-state index in [9.17, 15) is 14.7 Å². The Kier molecular flexibility index (Phi) is 6.72. The minimum absolute atomic E-state index is 0.170. The number of aliphatic hydroxyl groups excluding tert-OH is 1. The van der Waals surface area contributed by atoms with Crippen LogP contribution in [0.2, 0.25) is 0 Å². The average Bonchev–Trinajstić information content (AvgIpc) is 2.26. The highest BCUT2D eigenvalue weighted by Crippen LogP contribution is 2.27. The van der Waals surface area contributed by atoms with Gasteiger partial charge in [-0.2, -0.15) is 0 Å². The summed E-state index contributed by atoms with van der Waals surface area (Å²) in [6.07, 6.45) is 0.805. The number of carbonyl (C=O) groups is 2. The van der Waals surface area contributed by atoms with Crippen LogP contribution in [0.1, 0.15) is 33.6 Å². The molecule has 0 aliphatic carbocycles. The van der Waals surface area contributed by atoms with Crippen molar-refractivity contribution < 1.29 is 24.2 Å². The Balaban J connectivity index is 4.97. The molecule has 16 heavy (non-hydrogen) atoms. The van der Waals surface area contributed by atoms with Crippen molar-refractivity contribution in [1.29, 1.82) is 0 Å². The van der Waals surface area contributed by atoms with Gasteiger partial charge >= 0.3 is 11.9 Å². The topological polar surface area (TPSA) is 72.8 Å². The molecule has 0 radical (unpaired) electrons. The van der Waals surface area contributed by atoms with Gasteiger partial charge < -0.3 is 14.6 Å². The molecule has 5 nitrogen and oxygen atoms in total. The fourth-order valence-electron chi connectivity index (χ4n) is 1.46. The number of hydrogen-bond acceptors (Lipinski definition) is 5. The number of esters is 2. The standard InChI is InChI=1S/C11H20O5/c1-4-7-11(8-12,9(13)15-5-2)10(14)16-6-3/h12H,4-8H2,1-3H3. The molecule has 0 saturated carbocycles. The first-order valence-corrected chi connectivity index (χ1v) is 5.54. The first kappa shape index (κ1) is 14.9. The van der Waals surface area contributed by atoms with Gasteiger partial charge in [0.15, 0.2) is 5.41 Å². The first-order chi connectivity index (χ1) is 7.58. The SMILES string of the molecule is CCCC(CO)(C(=O)OCC)C(=O)OCC. The Morgan fingerprint density at radius 1 is 1.06 bits per heavy atom. The van der Waals surface area contributed by atoms with Crippen molar-refractivity contribution >= 4 is 11.9 Å². The summed E-state index contributed by atoms with van der Waals surface area (Å²) in [7, 11) is 0. The third kappa shape index (κ3) is 3.20. The number of carbonyl (C=O) groups excluding carboxylic acids is 2. The number of aliphatic hydroxyl groups is 1. The lowest BCUT2D eigenvalue weighted by Crippen LogP contribution is -2.45. The van der Waals surface area contributed by atoms with Crippen molar-refractivity contribution in [1.82, 2.24) is 0 Å². The van der Waals surface area contributed by atoms with Crippen LogP contribution in [0.4, 0.5) is 0 Å². The molecule has 0 spiro atoms. The van der Waals surface area contributed by atoms with Crippen molar-refractivity contribution in [2.45, 2.75) is 33.6 Å². The number of rotatable bonds is 7. The molecule has 0 aromatic rings. The Hall–Kier alpha value is -1.10. The van der Waals surface area contributed by atoms with Crippen molar-refractivity contribution in [3.63, 3.8) is 0 Å². The van der Waals surface area contributed by atoms with E-state index in [-0.39, 0.29) is 19.6 Å². The molecule has 94 valence electrons. The summed E-state index contributed by atoms with van der Waals surface area (Å²) < 4.78 is 9.64. The minimum atomic E-state index is -1.55. The first-order valence-electron chi connectivity index (χ1n) is 5.54. The molecule has 0 fully saturated rings. The second-order valence-corrected chi connectivity index (χ2v) is 3.43. The maximum atomic E-state index is 11.7. The zero-order chi connectivity index (χ0) is 12.6. The van der Waals surface area contributed by atoms with Gasteiger partial charge in [-0.3, -0.25) is 9.59 Å². The van der Waals surface area contributed by atoms with E-state index in [1.165, 1.54) is 0 Å². The third-order valence-electron chi connectivity index (χ3n) is 2.28. The van der Waals surface area contributed by atoms with Gasteiger partial charge in [-0.15, -0.1) is 0 Å². The van der Waals surface area contributed by atoms with Crippen LogP contribution in [0.15, 0.2) is 0 Å². The summed E-state index contributed by atoms with van der Waals surface area (Å²) in [6, 6.07) is 0. The van der Waals surface area contributed by atoms with E-state index in [2.05, 4.69) is 0 Å². The van der Waals surface area contributed by atoms with Crippen LogP contribution in [0, 0.1) is 5.41 Å². The quantitative estimate of drug-likeness (QED) is 0.521. The van der Waals surface area contributed by atoms with E-state index in [1.807, 2.05) is 6.92 Å². The normalized spacial score (nSPS) is 11.0. The van der Waals surface area contributed by atoms with E-state index in [0.717, 1.165) is 0 Å². The maximum absolute atomic E-state index is 11.7. The fraction of sp³-hybridized carbons (Fsp3) is 0.818. The summed E-state index contributed by atoms with van der Waals surface area (Å²) >= 11 is 0. The molecule has 0 rings (SSSR count). The lowest BCUT2D eigenvalue weighted by molar-refractivity contribution is -0.176. The van der Waals surface area contributed by atoms with Crippen molar-refractivity contribution in [3.05, 3.63) is 0 Å². The second kappa shape index (κ2) is 7.22. The van der Waals surface area contributed by atoms with E-state index in [4.69, 9.17) is 9.47 Å². The van der Waals surface area contributed by atoms with E-state index < -0.39 is 24.0 Å². The third-order valence-corrected chi connectivity index (χ3v) is 2.28. The van der Waals surface area contributed by atoms with Crippen LogP contribution in [-0.2, 0) is 19.1 Å². The lowest BCUT2D eigenvalue weighted by atomic mass is 9.84. The Bertz CT molecular complexity index is 219. The van der Waals surface area contributed by atoms with Gasteiger partial charge in [0.2, 0.25) is 0 Å². The van der Waals surface area contributed by atoms with Gasteiger partial charge in [0.05, 0.1) is 19.8 Å². The van der Waals surface area contributed by atoms with Crippen LogP contribution in [0.25, 0.3) is 0 Å². The van der Waals surface area contributed by atoms with Crippen molar-refractivity contribution in [2.75, 3.05) is 19.8 Å². The molecule has 0 aliphatic heterocycles. The summed E-state index contributed by atoms with van der Waals surface area (Å²) in [4.78, 5) is 23.4. The summed E-state index contributed by atoms with van der Waals surface area (Å²) in [5.74, 6) is -1.42. The Labute approximate surface area is 95.7 Å². The summed E-state index contributed by atoms with van der Waals surface area (Å²) in [5.41, 5.74) is -1.55. The van der Waals surface area contributed by atoms with Gasteiger partial charge in [0, 0.05) is 0 Å². The molecule has 0 atom stereocenters. The highest BCUT2D eigenvalue weighted by atomic mass is 16.6. The molecule has 0 heterocycles. The molecule has 0 saturated heterocycles. The minimum Gasteiger partial charge on any atom is -0.465 e. The summed E-state index contributed by atoms with van der Waals surface area (Å²) in [5, 5.41) is 9.30. The molecular formula is C11H20O5. The number of hydrogen-bond donors (Lipinski definition) is 1. The molecule has 5 heteroatoms. The molecule has 0 aromatic heterocycles. The lowest BCUT2D eigenvalue weighted by Gasteiger charge is -2.26. The van der Waals surface area contributed by atoms with Crippen LogP contribution >= 0.6 is 0 Å². The second-order valence-electron chi connectivity index (χ2n) is 3.43. The monoisotopic (exact) mass is 232 g/mol. The van der Waals surface area contributed by atoms with Gasteiger partial charge in [0.1, 0.15) is 0 Å². The molecule has 0 amide bonds. The van der Waals surface area contributed by atoms with Crippen LogP contribution in [-0.4, -0.2) is 36.9 Å². The largest absolute Gasteiger partial charge is 0.465 e. The van der Waals surface area contributed by atoms with E-state index >= 15 is 0 Å². The fourth-order valence-corrected chi connectivity index (χ4v) is 1.46. The highest BCUT2D eigenvalue weighted by Gasteiger charge is 2.47. The van der Waals surface area contributed by atoms with Crippen LogP contribution < -0.4 is 0 Å².